The highest BCUT2D eigenvalue weighted by Gasteiger charge is 2.38. The molecule has 0 spiro atoms. The topological polar surface area (TPSA) is 446 Å². The van der Waals surface area contributed by atoms with Gasteiger partial charge < -0.3 is 56.6 Å². The van der Waals surface area contributed by atoms with Gasteiger partial charge in [0.25, 0.3) is 17.7 Å². The van der Waals surface area contributed by atoms with Gasteiger partial charge in [-0.3, -0.25) is 42.3 Å². The second kappa shape index (κ2) is 46.1. The van der Waals surface area contributed by atoms with Crippen LogP contribution in [-0.2, 0) is 35.6 Å². The van der Waals surface area contributed by atoms with E-state index in [0.717, 1.165) is 110 Å². The second-order valence-electron chi connectivity index (χ2n) is 26.6. The molecule has 12 heterocycles. The number of ether oxygens (including phenoxy) is 4. The third-order valence-corrected chi connectivity index (χ3v) is 23.3. The lowest BCUT2D eigenvalue weighted by Gasteiger charge is -2.10. The number of hydrogen-bond donors (Lipinski definition) is 8. The first kappa shape index (κ1) is 112. The van der Waals surface area contributed by atoms with Crippen LogP contribution in [0.4, 0.5) is 65.9 Å². The number of phenols is 1. The fraction of sp³-hybridized carbons (Fsp3) is 0.128. The average molecular weight is 2270 g/mol. The molecule has 0 saturated heterocycles. The van der Waals surface area contributed by atoms with Crippen molar-refractivity contribution in [1.29, 1.82) is 0 Å². The van der Waals surface area contributed by atoms with Crippen LogP contribution in [0, 0.1) is 0 Å². The molecule has 0 bridgehead atoms. The summed E-state index contributed by atoms with van der Waals surface area (Å²) < 4.78 is 217. The van der Waals surface area contributed by atoms with Gasteiger partial charge >= 0.3 is 42.8 Å². The number of methoxy groups -OCH3 is 3. The number of aromatic hydroxyl groups is 1. The van der Waals surface area contributed by atoms with Gasteiger partial charge in [0.05, 0.1) is 132 Å². The van der Waals surface area contributed by atoms with Gasteiger partial charge in [-0.25, -0.2) is 40.4 Å². The molecule has 0 atom stereocenters. The van der Waals surface area contributed by atoms with E-state index in [2.05, 4.69) is 67.9 Å². The minimum absolute atomic E-state index is 0. The van der Waals surface area contributed by atoms with E-state index in [1.807, 2.05) is 5.43 Å². The van der Waals surface area contributed by atoms with Gasteiger partial charge in [-0.2, -0.15) is 65.9 Å². The van der Waals surface area contributed by atoms with Gasteiger partial charge in [-0.15, -0.1) is 20.4 Å². The Morgan fingerprint density at radius 2 is 0.657 bits per heavy atom. The molecule has 16 aromatic rings. The first-order chi connectivity index (χ1) is 65.0. The number of benzene rings is 4. The number of carboxylic acids is 1. The molecule has 0 radical (unpaired) electrons. The van der Waals surface area contributed by atoms with E-state index in [0.29, 0.717) is 70.2 Å². The zero-order valence-electron chi connectivity index (χ0n) is 68.9. The number of hydrazine groups is 3. The van der Waals surface area contributed by atoms with Gasteiger partial charge in [-0.05, 0) is 61.5 Å². The number of carbonyl (C=O) groups excluding carboxylic acids is 4. The highest BCUT2D eigenvalue weighted by Crippen LogP contribution is 2.45. The number of aromatic nitrogens is 14. The third-order valence-electron chi connectivity index (χ3n) is 17.5. The lowest BCUT2D eigenvalue weighted by Crippen LogP contribution is -2.41. The average Bonchev–Trinajstić information content (AvgIpc) is 1.62. The molecule has 0 aliphatic heterocycles. The largest absolute Gasteiger partial charge is 0.506 e. The van der Waals surface area contributed by atoms with E-state index in [4.69, 9.17) is 181 Å². The van der Waals surface area contributed by atoms with E-state index in [-0.39, 0.29) is 135 Å². The van der Waals surface area contributed by atoms with Crippen LogP contribution in [0.3, 0.4) is 0 Å². The molecule has 0 saturated carbocycles. The van der Waals surface area contributed by atoms with Crippen molar-refractivity contribution in [2.45, 2.75) is 37.8 Å². The molecule has 16 rings (SSSR count). The van der Waals surface area contributed by atoms with Crippen molar-refractivity contribution < 1.29 is 124 Å². The third kappa shape index (κ3) is 26.9. The zero-order chi connectivity index (χ0) is 103. The summed E-state index contributed by atoms with van der Waals surface area (Å²) in [4.78, 5) is 77.7. The summed E-state index contributed by atoms with van der Waals surface area (Å²) in [5, 5.41) is 36.6. The summed E-state index contributed by atoms with van der Waals surface area (Å²) >= 11 is 79.2. The smallest absolute Gasteiger partial charge is 0.417 e. The molecule has 3 amide bonds. The van der Waals surface area contributed by atoms with Crippen molar-refractivity contribution >= 4 is 231 Å². The number of aromatic carboxylic acids is 1. The van der Waals surface area contributed by atoms with Gasteiger partial charge in [0.2, 0.25) is 0 Å². The summed E-state index contributed by atoms with van der Waals surface area (Å²) in [6.07, 6.45) is -12.5. The number of rotatable bonds is 13. The number of alkyl halides is 15. The molecule has 140 heavy (non-hydrogen) atoms. The quantitative estimate of drug-likeness (QED) is 0.0175. The number of nitrogens with one attached hydrogen (secondary N) is 3. The van der Waals surface area contributed by atoms with Crippen molar-refractivity contribution in [1.82, 2.24) is 83.6 Å². The van der Waals surface area contributed by atoms with Crippen molar-refractivity contribution in [2.24, 2.45) is 17.5 Å². The number of nitrogen functional groups attached to an aromatic ring is 1. The predicted molar refractivity (Wildman–Crippen MR) is 490 cm³/mol. The molecule has 4 aromatic carbocycles. The van der Waals surface area contributed by atoms with E-state index in [1.54, 1.807) is 19.1 Å². The molecule has 62 heteroatoms. The molecule has 0 aliphatic rings. The van der Waals surface area contributed by atoms with Crippen molar-refractivity contribution in [3.05, 3.63) is 262 Å². The summed E-state index contributed by atoms with van der Waals surface area (Å²) in [6.45, 7) is 1.76. The summed E-state index contributed by atoms with van der Waals surface area (Å²) in [5.41, 5.74) is 2.81. The molecular weight excluding hydrogens is 2220 g/mol. The maximum atomic E-state index is 13.0. The van der Waals surface area contributed by atoms with Gasteiger partial charge in [-0.1, -0.05) is 173 Å². The number of nitrogens with two attached hydrogens (primary N) is 3. The summed E-state index contributed by atoms with van der Waals surface area (Å²) in [7, 11) is 4.27. The highest BCUT2D eigenvalue weighted by molar-refractivity contribution is 7.18. The Balaban J connectivity index is 0.000000190. The van der Waals surface area contributed by atoms with Gasteiger partial charge in [0.1, 0.15) is 55.8 Å². The monoisotopic (exact) mass is 2260 g/mol. The lowest BCUT2D eigenvalue weighted by molar-refractivity contribution is -0.138. The Hall–Kier alpha value is -11.4. The minimum atomic E-state index is -4.63. The molecular formula is C78H50Cl13F15N20O12S2. The fourth-order valence-electron chi connectivity index (χ4n) is 11.2. The number of carboxylic acid groups (broad SMARTS) is 1. The number of halogens is 28. The Labute approximate surface area is 844 Å². The standard InChI is InChI=1S/C17H10Cl3F3N4O3.C17H8Cl3F3N4OS.C16H6Cl3F3N4OS.C11H8ClF3N2O2.C9H6ClF3N4O.C8H6Cl2O3.H4N2.H2O/c1-30-13-4-9(18)8(3-10(13)19)15(28)25-26-16(29)12-6-27-5-7(17(21,22)23)2-11(20)14(27)24-12;1-28-13-4-9(18)8(3-10(13)19)15-25-26-16(29-15)12-6-27-5-7(17(21,22)23)2-11(20)14(27)24-12;17-8-3-12(27)9(18)2-7(8)14-24-25-15(28-14)11-5-26-4-6(16(20,21)22)1-10(19)13(26)23-11;1-2-19-10(18)8-5-17-4-6(11(13,14)15)3-7(12)9(17)16-8;10-5-1-4(9(11,12)13)2-17-3-6(8(18)16-14)15-7(5)17;1-13-7-3-5(9)4(8(11)12)2-6(7)10;1-2;/h2-6H,1H3,(H,25,28)(H,26,29);2-6H,1H3;1-5,27H;3-5H,2H2,1H3;1-3H,14H2,(H,16,18);2-3H,1H3,(H,11,12);1-2H2;1H2. The van der Waals surface area contributed by atoms with Crippen LogP contribution >= 0.6 is 173 Å². The van der Waals surface area contributed by atoms with Crippen molar-refractivity contribution in [3.8, 4) is 65.5 Å². The van der Waals surface area contributed by atoms with E-state index in [9.17, 15) is 94.9 Å². The first-order valence-electron chi connectivity index (χ1n) is 36.6. The Bertz CT molecular complexity index is 7390. The maximum Gasteiger partial charge on any atom is 0.417 e. The molecule has 0 unspecified atom stereocenters. The van der Waals surface area contributed by atoms with Crippen molar-refractivity contribution in [2.75, 3.05) is 27.9 Å². The highest BCUT2D eigenvalue weighted by atomic mass is 35.5. The second-order valence-corrected chi connectivity index (χ2v) is 33.8. The molecule has 13 N–H and O–H groups in total. The van der Waals surface area contributed by atoms with E-state index in [1.165, 1.54) is 78.9 Å². The van der Waals surface area contributed by atoms with Crippen LogP contribution in [0.15, 0.2) is 141 Å². The number of nitrogens with zero attached hydrogens (tertiary/aromatic N) is 14. The van der Waals surface area contributed by atoms with Crippen LogP contribution in [-0.4, -0.2) is 141 Å². The number of fused-ring (bicyclic) bond motifs is 5. The van der Waals surface area contributed by atoms with Crippen LogP contribution in [0.25, 0.3) is 70.8 Å². The summed E-state index contributed by atoms with van der Waals surface area (Å²) in [5.74, 6) is 9.52. The number of carbonyl (C=O) groups is 5. The number of phenolic OH excluding ortho intramolecular Hbond substituents is 1. The van der Waals surface area contributed by atoms with Gasteiger partial charge in [0.15, 0.2) is 43.9 Å². The van der Waals surface area contributed by atoms with Crippen LogP contribution < -0.4 is 48.0 Å². The first-order valence-corrected chi connectivity index (χ1v) is 43.2. The minimum Gasteiger partial charge on any atom is -0.506 e. The van der Waals surface area contributed by atoms with Crippen LogP contribution in [0.5, 0.6) is 23.0 Å². The molecule has 0 aliphatic carbocycles. The lowest BCUT2D eigenvalue weighted by atomic mass is 10.2. The maximum absolute atomic E-state index is 13.0. The SMILES string of the molecule is CCOC(=O)c1cn2cc(C(F)(F)F)cc(Cl)c2n1.COc1cc(Cl)c(-c2nnc(-c3cn4cc(C(F)(F)F)cc(Cl)c4n3)s2)cc1Cl.COc1cc(Cl)c(C(=O)NNC(=O)c2cn3cc(C(F)(F)F)cc(Cl)c3n2)cc1Cl.COc1cc(Cl)c(C(=O)O)cc1Cl.NN.NNC(=O)c1cn2cc(C(F)(F)F)cc(Cl)c2n1.O.Oc1cc(Cl)c(-c2nnc(-c3cn4cc(C(F)(F)F)cc(Cl)c4n3)s2)cc1Cl. The molecule has 12 aromatic heterocycles. The summed E-state index contributed by atoms with van der Waals surface area (Å²) in [6, 6.07) is 14.9. The number of pyridine rings is 5. The van der Waals surface area contributed by atoms with Gasteiger partial charge in [0, 0.05) is 97.4 Å². The Kier molecular flexibility index (Phi) is 36.9. The van der Waals surface area contributed by atoms with E-state index >= 15 is 0 Å². The Morgan fingerprint density at radius 1 is 0.364 bits per heavy atom. The molecule has 742 valence electrons. The van der Waals surface area contributed by atoms with Crippen LogP contribution in [0.1, 0.15) is 86.9 Å². The molecule has 32 nitrogen and oxygen atoms in total. The number of imidazole rings is 5. The van der Waals surface area contributed by atoms with Crippen molar-refractivity contribution in [3.63, 3.8) is 0 Å². The number of hydrogen-bond acceptors (Lipinski definition) is 24. The Morgan fingerprint density at radius 3 is 1.01 bits per heavy atom. The predicted octanol–water partition coefficient (Wildman–Crippen LogP) is 22.6. The number of amides is 3. The van der Waals surface area contributed by atoms with Crippen LogP contribution in [0.2, 0.25) is 65.3 Å². The normalized spacial score (nSPS) is 11.4. The zero-order valence-corrected chi connectivity index (χ0v) is 80.4. The molecule has 0 fully saturated rings. The number of esters is 1. The van der Waals surface area contributed by atoms with E-state index < -0.39 is 88.4 Å². The fourth-order valence-corrected chi connectivity index (χ4v) is 16.1.